The summed E-state index contributed by atoms with van der Waals surface area (Å²) in [5.41, 5.74) is 9.71. The second kappa shape index (κ2) is 6.67. The zero-order chi connectivity index (χ0) is 19.8. The Hall–Kier alpha value is -3.91. The number of nitriles is 2. The maximum absolute atomic E-state index is 9.37. The fourth-order valence-corrected chi connectivity index (χ4v) is 3.23. The van der Waals surface area contributed by atoms with E-state index in [-0.39, 0.29) is 11.4 Å². The van der Waals surface area contributed by atoms with E-state index in [0.29, 0.717) is 40.8 Å². The predicted octanol–water partition coefficient (Wildman–Crippen LogP) is 3.35. The summed E-state index contributed by atoms with van der Waals surface area (Å²) < 4.78 is 1.85. The molecule has 3 N–H and O–H groups in total. The first-order chi connectivity index (χ1) is 13.5. The van der Waals surface area contributed by atoms with Gasteiger partial charge in [-0.3, -0.25) is 0 Å². The van der Waals surface area contributed by atoms with E-state index in [0.717, 1.165) is 17.5 Å². The SMILES string of the molecule is CC(C)CCn1c(N)c(-c2nc3ccccc3[nH]2)c2nc(C#N)c(C#N)nc21. The van der Waals surface area contributed by atoms with Crippen LogP contribution in [0.4, 0.5) is 5.82 Å². The van der Waals surface area contributed by atoms with E-state index >= 15 is 0 Å². The normalized spacial score (nSPS) is 11.2. The molecule has 0 saturated heterocycles. The number of anilines is 1. The Bertz CT molecular complexity index is 1250. The lowest BCUT2D eigenvalue weighted by Gasteiger charge is -2.09. The van der Waals surface area contributed by atoms with Crippen LogP contribution in [0.1, 0.15) is 31.7 Å². The van der Waals surface area contributed by atoms with Crippen molar-refractivity contribution >= 4 is 28.0 Å². The van der Waals surface area contributed by atoms with E-state index in [2.05, 4.69) is 33.8 Å². The third-order valence-electron chi connectivity index (χ3n) is 4.68. The molecule has 3 aromatic heterocycles. The van der Waals surface area contributed by atoms with Crippen LogP contribution in [0.15, 0.2) is 24.3 Å². The van der Waals surface area contributed by atoms with Gasteiger partial charge >= 0.3 is 0 Å². The van der Waals surface area contributed by atoms with Crippen LogP contribution in [-0.2, 0) is 6.54 Å². The minimum absolute atomic E-state index is 0.00514. The number of benzene rings is 1. The maximum atomic E-state index is 9.37. The lowest BCUT2D eigenvalue weighted by atomic mass is 10.1. The summed E-state index contributed by atoms with van der Waals surface area (Å²) in [6.45, 7) is 4.89. The van der Waals surface area contributed by atoms with Gasteiger partial charge in [0.1, 0.15) is 29.3 Å². The Morgan fingerprint density at radius 2 is 1.82 bits per heavy atom. The summed E-state index contributed by atoms with van der Waals surface area (Å²) in [7, 11) is 0. The van der Waals surface area contributed by atoms with Gasteiger partial charge in [0.2, 0.25) is 0 Å². The lowest BCUT2D eigenvalue weighted by Crippen LogP contribution is -2.07. The molecule has 0 radical (unpaired) electrons. The van der Waals surface area contributed by atoms with Crippen molar-refractivity contribution in [2.45, 2.75) is 26.8 Å². The number of hydrogen-bond donors (Lipinski definition) is 2. The Kier molecular flexibility index (Phi) is 4.17. The predicted molar refractivity (Wildman–Crippen MR) is 106 cm³/mol. The van der Waals surface area contributed by atoms with Crippen molar-refractivity contribution < 1.29 is 0 Å². The average Bonchev–Trinajstić information content (AvgIpc) is 3.22. The highest BCUT2D eigenvalue weighted by atomic mass is 15.1. The van der Waals surface area contributed by atoms with E-state index in [1.165, 1.54) is 0 Å². The first kappa shape index (κ1) is 17.5. The highest BCUT2D eigenvalue weighted by Crippen LogP contribution is 2.35. The first-order valence-electron chi connectivity index (χ1n) is 8.98. The van der Waals surface area contributed by atoms with E-state index in [1.807, 2.05) is 41.0 Å². The molecular weight excluding hydrogens is 352 g/mol. The second-order valence-corrected chi connectivity index (χ2v) is 7.01. The number of rotatable bonds is 4. The molecule has 0 spiro atoms. The molecule has 0 amide bonds. The molecule has 4 rings (SSSR count). The van der Waals surface area contributed by atoms with Gasteiger partial charge in [-0.15, -0.1) is 0 Å². The van der Waals surface area contributed by atoms with Gasteiger partial charge in [-0.1, -0.05) is 26.0 Å². The van der Waals surface area contributed by atoms with Crippen molar-refractivity contribution in [2.24, 2.45) is 5.92 Å². The van der Waals surface area contributed by atoms with Gasteiger partial charge in [0, 0.05) is 6.54 Å². The van der Waals surface area contributed by atoms with Crippen LogP contribution in [0, 0.1) is 28.6 Å². The highest BCUT2D eigenvalue weighted by molar-refractivity contribution is 5.98. The molecule has 0 unspecified atom stereocenters. The van der Waals surface area contributed by atoms with Crippen LogP contribution in [0.25, 0.3) is 33.6 Å². The summed E-state index contributed by atoms with van der Waals surface area (Å²) in [5.74, 6) is 1.50. The Labute approximate surface area is 161 Å². The van der Waals surface area contributed by atoms with Crippen molar-refractivity contribution in [3.8, 4) is 23.5 Å². The molecule has 3 heterocycles. The van der Waals surface area contributed by atoms with E-state index in [9.17, 15) is 10.5 Å². The molecule has 0 saturated carbocycles. The number of hydrogen-bond acceptors (Lipinski definition) is 6. The molecule has 0 aliphatic heterocycles. The van der Waals surface area contributed by atoms with Crippen molar-refractivity contribution in [2.75, 3.05) is 5.73 Å². The molecular formula is C20H18N8. The molecule has 0 fully saturated rings. The standard InChI is InChI=1S/C20H18N8/c1-11(2)7-8-28-18(23)16(19-25-12-5-3-4-6-13(12)26-19)17-20(28)27-15(10-22)14(9-21)24-17/h3-6,11H,7-8,23H2,1-2H3,(H,25,26). The van der Waals surface area contributed by atoms with Gasteiger partial charge in [-0.05, 0) is 24.5 Å². The van der Waals surface area contributed by atoms with Gasteiger partial charge in [0.15, 0.2) is 17.0 Å². The summed E-state index contributed by atoms with van der Waals surface area (Å²) in [6, 6.07) is 11.6. The van der Waals surface area contributed by atoms with Crippen molar-refractivity contribution in [1.29, 1.82) is 10.5 Å². The summed E-state index contributed by atoms with van der Waals surface area (Å²) in [4.78, 5) is 16.7. The average molecular weight is 370 g/mol. The van der Waals surface area contributed by atoms with Crippen LogP contribution in [-0.4, -0.2) is 24.5 Å². The minimum atomic E-state index is -0.0200. The first-order valence-corrected chi connectivity index (χ1v) is 8.98. The quantitative estimate of drug-likeness (QED) is 0.566. The fourth-order valence-electron chi connectivity index (χ4n) is 3.23. The van der Waals surface area contributed by atoms with Gasteiger partial charge < -0.3 is 15.3 Å². The number of nitrogens with one attached hydrogen (secondary N) is 1. The lowest BCUT2D eigenvalue weighted by molar-refractivity contribution is 0.526. The van der Waals surface area contributed by atoms with Crippen LogP contribution in [0.3, 0.4) is 0 Å². The third kappa shape index (κ3) is 2.72. The zero-order valence-electron chi connectivity index (χ0n) is 15.6. The number of H-pyrrole nitrogens is 1. The highest BCUT2D eigenvalue weighted by Gasteiger charge is 2.24. The fraction of sp³-hybridized carbons (Fsp3) is 0.250. The summed E-state index contributed by atoms with van der Waals surface area (Å²) in [6.07, 6.45) is 0.886. The molecule has 1 aromatic carbocycles. The number of nitrogens with zero attached hydrogens (tertiary/aromatic N) is 6. The number of nitrogens with two attached hydrogens (primary N) is 1. The summed E-state index contributed by atoms with van der Waals surface area (Å²) >= 11 is 0. The van der Waals surface area contributed by atoms with Gasteiger partial charge in [0.05, 0.1) is 16.6 Å². The Balaban J connectivity index is 2.03. The van der Waals surface area contributed by atoms with Crippen molar-refractivity contribution in [3.63, 3.8) is 0 Å². The zero-order valence-corrected chi connectivity index (χ0v) is 15.6. The number of aryl methyl sites for hydroxylation is 1. The molecule has 0 aliphatic carbocycles. The summed E-state index contributed by atoms with van der Waals surface area (Å²) in [5, 5.41) is 18.7. The van der Waals surface area contributed by atoms with E-state index in [1.54, 1.807) is 0 Å². The Morgan fingerprint density at radius 3 is 2.50 bits per heavy atom. The number of para-hydroxylation sites is 2. The van der Waals surface area contributed by atoms with Gasteiger partial charge in [-0.25, -0.2) is 15.0 Å². The largest absolute Gasteiger partial charge is 0.384 e. The molecule has 0 bridgehead atoms. The van der Waals surface area contributed by atoms with Crippen molar-refractivity contribution in [1.82, 2.24) is 24.5 Å². The van der Waals surface area contributed by atoms with E-state index in [4.69, 9.17) is 5.73 Å². The number of fused-ring (bicyclic) bond motifs is 2. The molecule has 8 heteroatoms. The second-order valence-electron chi connectivity index (χ2n) is 7.01. The third-order valence-corrected chi connectivity index (χ3v) is 4.68. The number of aromatic amines is 1. The topological polar surface area (TPSA) is 133 Å². The van der Waals surface area contributed by atoms with Crippen LogP contribution < -0.4 is 5.73 Å². The van der Waals surface area contributed by atoms with Crippen LogP contribution >= 0.6 is 0 Å². The van der Waals surface area contributed by atoms with E-state index < -0.39 is 0 Å². The molecule has 0 aliphatic rings. The minimum Gasteiger partial charge on any atom is -0.384 e. The maximum Gasteiger partial charge on any atom is 0.179 e. The monoisotopic (exact) mass is 370 g/mol. The number of imidazole rings is 1. The molecule has 4 aromatic rings. The number of nitrogen functional groups attached to an aromatic ring is 1. The smallest absolute Gasteiger partial charge is 0.179 e. The van der Waals surface area contributed by atoms with Crippen LogP contribution in [0.2, 0.25) is 0 Å². The number of aromatic nitrogens is 5. The van der Waals surface area contributed by atoms with Crippen LogP contribution in [0.5, 0.6) is 0 Å². The molecule has 0 atom stereocenters. The molecule has 138 valence electrons. The molecule has 28 heavy (non-hydrogen) atoms. The Morgan fingerprint density at radius 1 is 1.11 bits per heavy atom. The van der Waals surface area contributed by atoms with Gasteiger partial charge in [0.25, 0.3) is 0 Å². The van der Waals surface area contributed by atoms with Crippen molar-refractivity contribution in [3.05, 3.63) is 35.7 Å². The van der Waals surface area contributed by atoms with Gasteiger partial charge in [-0.2, -0.15) is 10.5 Å². The molecule has 8 nitrogen and oxygen atoms in total.